The van der Waals surface area contributed by atoms with Crippen molar-refractivity contribution in [2.24, 2.45) is 0 Å². The molecule has 29 heavy (non-hydrogen) atoms. The molecule has 0 aliphatic carbocycles. The van der Waals surface area contributed by atoms with Crippen molar-refractivity contribution in [2.45, 2.75) is 0 Å². The van der Waals surface area contributed by atoms with Crippen molar-refractivity contribution in [2.75, 3.05) is 54.6 Å². The molecule has 2 heterocycles. The highest BCUT2D eigenvalue weighted by molar-refractivity contribution is 5.80. The van der Waals surface area contributed by atoms with E-state index < -0.39 is 0 Å². The average molecular weight is 395 g/mol. The van der Waals surface area contributed by atoms with E-state index in [4.69, 9.17) is 18.6 Å². The van der Waals surface area contributed by atoms with Gasteiger partial charge in [0.05, 0.1) is 45.9 Å². The van der Waals surface area contributed by atoms with Crippen molar-refractivity contribution >= 4 is 11.0 Å². The SMILES string of the molecule is COc1ccc2oc(-c3ccc(OC)c(OC)c3)cc(=[N+]3CCN(C)CC3)c2c1. The summed E-state index contributed by atoms with van der Waals surface area (Å²) in [6, 6.07) is 13.9. The third-order valence-corrected chi connectivity index (χ3v) is 5.46. The first-order chi connectivity index (χ1) is 14.1. The molecule has 0 saturated carbocycles. The summed E-state index contributed by atoms with van der Waals surface area (Å²) >= 11 is 0. The van der Waals surface area contributed by atoms with Gasteiger partial charge in [-0.2, -0.15) is 0 Å². The maximum atomic E-state index is 6.28. The predicted molar refractivity (Wildman–Crippen MR) is 114 cm³/mol. The number of benzene rings is 2. The molecule has 2 aromatic carbocycles. The molecule has 6 heteroatoms. The monoisotopic (exact) mass is 395 g/mol. The van der Waals surface area contributed by atoms with Gasteiger partial charge in [0, 0.05) is 5.56 Å². The summed E-state index contributed by atoms with van der Waals surface area (Å²) in [6.45, 7) is 4.00. The Labute approximate surface area is 170 Å². The molecule has 1 aliphatic heterocycles. The third-order valence-electron chi connectivity index (χ3n) is 5.46. The highest BCUT2D eigenvalue weighted by Gasteiger charge is 2.19. The standard InChI is InChI=1S/C23H27N2O4/c1-24-9-11-25(12-10-24)19-15-22(16-5-7-21(27-3)23(13-16)28-4)29-20-8-6-17(26-2)14-18(19)20/h5-8,13-15H,9-12H2,1-4H3/q+1. The number of hydrogen-bond acceptors (Lipinski definition) is 5. The van der Waals surface area contributed by atoms with Gasteiger partial charge in [0.1, 0.15) is 17.1 Å². The second-order valence-electron chi connectivity index (χ2n) is 7.22. The smallest absolute Gasteiger partial charge is 0.215 e. The Hall–Kier alpha value is -2.99. The quantitative estimate of drug-likeness (QED) is 0.636. The zero-order valence-electron chi connectivity index (χ0n) is 17.4. The van der Waals surface area contributed by atoms with Crippen LogP contribution < -0.4 is 24.1 Å². The molecule has 1 aromatic heterocycles. The molecule has 6 nitrogen and oxygen atoms in total. The highest BCUT2D eigenvalue weighted by atomic mass is 16.5. The second-order valence-corrected chi connectivity index (χ2v) is 7.22. The van der Waals surface area contributed by atoms with Crippen molar-refractivity contribution < 1.29 is 18.6 Å². The average Bonchev–Trinajstić information content (AvgIpc) is 2.78. The fraction of sp³-hybridized carbons (Fsp3) is 0.348. The number of likely N-dealkylation sites (N-methyl/N-ethyl adjacent to an activating group) is 1. The van der Waals surface area contributed by atoms with Crippen molar-refractivity contribution in [3.8, 4) is 28.6 Å². The van der Waals surface area contributed by atoms with E-state index >= 15 is 0 Å². The number of ether oxygens (including phenoxy) is 3. The van der Waals surface area contributed by atoms with E-state index in [2.05, 4.69) is 22.6 Å². The van der Waals surface area contributed by atoms with Gasteiger partial charge < -0.3 is 18.6 Å². The van der Waals surface area contributed by atoms with Crippen molar-refractivity contribution in [1.82, 2.24) is 9.48 Å². The Balaban J connectivity index is 1.94. The molecule has 1 saturated heterocycles. The zero-order valence-corrected chi connectivity index (χ0v) is 17.4. The number of nitrogens with zero attached hydrogens (tertiary/aromatic N) is 2. The van der Waals surface area contributed by atoms with Gasteiger partial charge >= 0.3 is 0 Å². The van der Waals surface area contributed by atoms with E-state index in [9.17, 15) is 0 Å². The van der Waals surface area contributed by atoms with E-state index in [1.807, 2.05) is 36.4 Å². The molecule has 0 spiro atoms. The van der Waals surface area contributed by atoms with Crippen LogP contribution in [0.25, 0.3) is 22.3 Å². The lowest BCUT2D eigenvalue weighted by Crippen LogP contribution is -2.46. The van der Waals surface area contributed by atoms with Crippen LogP contribution in [0.2, 0.25) is 0 Å². The fourth-order valence-corrected chi connectivity index (χ4v) is 3.72. The van der Waals surface area contributed by atoms with Crippen molar-refractivity contribution in [3.05, 3.63) is 47.8 Å². The molecule has 0 atom stereocenters. The summed E-state index contributed by atoms with van der Waals surface area (Å²) in [4.78, 5) is 2.35. The number of methoxy groups -OCH3 is 3. The minimum atomic E-state index is 0.677. The molecule has 0 unspecified atom stereocenters. The molecule has 0 amide bonds. The summed E-state index contributed by atoms with van der Waals surface area (Å²) in [6.07, 6.45) is 0. The maximum Gasteiger partial charge on any atom is 0.215 e. The Bertz CT molecular complexity index is 1090. The van der Waals surface area contributed by atoms with Crippen LogP contribution in [0.3, 0.4) is 0 Å². The first-order valence-corrected chi connectivity index (χ1v) is 9.73. The molecule has 0 radical (unpaired) electrons. The Kier molecular flexibility index (Phi) is 5.45. The molecular weight excluding hydrogens is 368 g/mol. The third kappa shape index (κ3) is 3.80. The maximum absolute atomic E-state index is 6.28. The molecule has 1 fully saturated rings. The van der Waals surface area contributed by atoms with Crippen LogP contribution in [0.1, 0.15) is 0 Å². The van der Waals surface area contributed by atoms with E-state index in [1.165, 1.54) is 0 Å². The van der Waals surface area contributed by atoms with Crippen LogP contribution in [0.15, 0.2) is 46.9 Å². The van der Waals surface area contributed by atoms with E-state index in [1.54, 1.807) is 21.3 Å². The highest BCUT2D eigenvalue weighted by Crippen LogP contribution is 2.33. The normalized spacial score (nSPS) is 14.8. The molecule has 0 bridgehead atoms. The number of rotatable bonds is 4. The van der Waals surface area contributed by atoms with Gasteiger partial charge in [0.15, 0.2) is 24.6 Å². The number of fused-ring (bicyclic) bond motifs is 1. The minimum absolute atomic E-state index is 0.677. The molecular formula is C23H27N2O4+. The van der Waals surface area contributed by atoms with Gasteiger partial charge in [-0.05, 0) is 43.4 Å². The van der Waals surface area contributed by atoms with Crippen LogP contribution >= 0.6 is 0 Å². The summed E-state index contributed by atoms with van der Waals surface area (Å²) in [5.74, 6) is 2.98. The molecule has 0 N–H and O–H groups in total. The van der Waals surface area contributed by atoms with Crippen molar-refractivity contribution in [3.63, 3.8) is 0 Å². The van der Waals surface area contributed by atoms with Crippen LogP contribution in [-0.4, -0.2) is 59.5 Å². The number of piperazine rings is 1. The summed E-state index contributed by atoms with van der Waals surface area (Å²) in [5, 5.41) is 2.21. The predicted octanol–water partition coefficient (Wildman–Crippen LogP) is 2.84. The minimum Gasteiger partial charge on any atom is -0.497 e. The zero-order chi connectivity index (χ0) is 20.4. The molecule has 4 rings (SSSR count). The summed E-state index contributed by atoms with van der Waals surface area (Å²) < 4.78 is 25.0. The van der Waals surface area contributed by atoms with Gasteiger partial charge in [-0.3, -0.25) is 4.90 Å². The first-order valence-electron chi connectivity index (χ1n) is 9.73. The fourth-order valence-electron chi connectivity index (χ4n) is 3.72. The molecule has 1 aliphatic rings. The van der Waals surface area contributed by atoms with Crippen molar-refractivity contribution in [1.29, 1.82) is 0 Å². The topological polar surface area (TPSA) is 47.1 Å². The van der Waals surface area contributed by atoms with Crippen LogP contribution in [-0.2, 0) is 0 Å². The Morgan fingerprint density at radius 2 is 1.62 bits per heavy atom. The second kappa shape index (κ2) is 8.17. The lowest BCUT2D eigenvalue weighted by atomic mass is 10.1. The van der Waals surface area contributed by atoms with Gasteiger partial charge in [0.2, 0.25) is 5.36 Å². The molecule has 152 valence electrons. The lowest BCUT2D eigenvalue weighted by molar-refractivity contribution is 0.267. The van der Waals surface area contributed by atoms with Crippen LogP contribution in [0.4, 0.5) is 0 Å². The number of hydrogen-bond donors (Lipinski definition) is 0. The largest absolute Gasteiger partial charge is 0.497 e. The van der Waals surface area contributed by atoms with E-state index in [-0.39, 0.29) is 0 Å². The molecule has 3 aromatic rings. The summed E-state index contributed by atoms with van der Waals surface area (Å²) in [7, 11) is 7.12. The summed E-state index contributed by atoms with van der Waals surface area (Å²) in [5.41, 5.74) is 1.77. The first kappa shape index (κ1) is 19.3. The van der Waals surface area contributed by atoms with Gasteiger partial charge in [0.25, 0.3) is 0 Å². The van der Waals surface area contributed by atoms with Crippen LogP contribution in [0, 0.1) is 0 Å². The van der Waals surface area contributed by atoms with Gasteiger partial charge in [-0.25, -0.2) is 4.58 Å². The van der Waals surface area contributed by atoms with Crippen LogP contribution in [0.5, 0.6) is 17.2 Å². The van der Waals surface area contributed by atoms with Gasteiger partial charge in [-0.15, -0.1) is 0 Å². The lowest BCUT2D eigenvalue weighted by Gasteiger charge is -2.20. The van der Waals surface area contributed by atoms with E-state index in [0.29, 0.717) is 11.5 Å². The Morgan fingerprint density at radius 1 is 0.862 bits per heavy atom. The van der Waals surface area contributed by atoms with E-state index in [0.717, 1.165) is 59.6 Å². The van der Waals surface area contributed by atoms with Gasteiger partial charge in [-0.1, -0.05) is 0 Å². The Morgan fingerprint density at radius 3 is 2.31 bits per heavy atom.